The van der Waals surface area contributed by atoms with E-state index in [0.29, 0.717) is 6.54 Å². The Morgan fingerprint density at radius 3 is 2.11 bits per heavy atom. The lowest BCUT2D eigenvalue weighted by atomic mass is 10.1. The van der Waals surface area contributed by atoms with Gasteiger partial charge in [0.1, 0.15) is 0 Å². The maximum Gasteiger partial charge on any atom is 0.260 e. The van der Waals surface area contributed by atoms with E-state index in [1.165, 1.54) is 0 Å². The van der Waals surface area contributed by atoms with Crippen LogP contribution in [0.4, 0.5) is 0 Å². The molecule has 2 aromatic rings. The minimum atomic E-state index is -2.18. The average molecular weight is 398 g/mol. The quantitative estimate of drug-likeness (QED) is 0.627. The Hall–Kier alpha value is -1.95. The van der Waals surface area contributed by atoms with Crippen molar-refractivity contribution < 1.29 is 14.0 Å². The molecule has 0 aromatic heterocycles. The van der Waals surface area contributed by atoms with E-state index in [1.54, 1.807) is 4.90 Å². The lowest BCUT2D eigenvalue weighted by Crippen LogP contribution is -2.55. The summed E-state index contributed by atoms with van der Waals surface area (Å²) in [5.74, 6) is -1.16. The molecule has 1 aliphatic heterocycles. The van der Waals surface area contributed by atoms with Gasteiger partial charge in [0.25, 0.3) is 5.91 Å². The van der Waals surface area contributed by atoms with Gasteiger partial charge >= 0.3 is 0 Å². The highest BCUT2D eigenvalue weighted by atomic mass is 28.4. The molecule has 2 aromatic carbocycles. The van der Waals surface area contributed by atoms with E-state index in [-0.39, 0.29) is 10.9 Å². The van der Waals surface area contributed by atoms with Gasteiger partial charge in [-0.15, -0.1) is 0 Å². The molecule has 150 valence electrons. The highest BCUT2D eigenvalue weighted by Crippen LogP contribution is 2.45. The first-order chi connectivity index (χ1) is 13.0. The van der Waals surface area contributed by atoms with E-state index in [2.05, 4.69) is 33.9 Å². The molecule has 0 radical (unpaired) electrons. The van der Waals surface area contributed by atoms with Crippen molar-refractivity contribution in [3.05, 3.63) is 71.8 Å². The Labute approximate surface area is 169 Å². The molecule has 0 aliphatic carbocycles. The molecule has 0 bridgehead atoms. The first kappa shape index (κ1) is 20.8. The molecule has 0 unspecified atom stereocenters. The Kier molecular flexibility index (Phi) is 5.54. The maximum atomic E-state index is 13.4. The van der Waals surface area contributed by atoms with Crippen LogP contribution in [0.3, 0.4) is 0 Å². The normalized spacial score (nSPS) is 23.3. The number of hydrogen-bond donors (Lipinski definition) is 0. The van der Waals surface area contributed by atoms with Crippen molar-refractivity contribution in [2.75, 3.05) is 0 Å². The lowest BCUT2D eigenvalue weighted by molar-refractivity contribution is -0.234. The third-order valence-corrected chi connectivity index (χ3v) is 10.4. The molecule has 1 saturated heterocycles. The number of carbonyl (C=O) groups is 1. The van der Waals surface area contributed by atoms with Crippen LogP contribution in [0.15, 0.2) is 60.7 Å². The van der Waals surface area contributed by atoms with Crippen LogP contribution in [0.2, 0.25) is 18.1 Å². The van der Waals surface area contributed by atoms with Crippen LogP contribution in [-0.4, -0.2) is 25.0 Å². The molecule has 1 heterocycles. The molecule has 4 nitrogen and oxygen atoms in total. The summed E-state index contributed by atoms with van der Waals surface area (Å²) in [5.41, 5.74) is 1.91. The summed E-state index contributed by atoms with van der Waals surface area (Å²) in [6.45, 7) is 13.3. The lowest BCUT2D eigenvalue weighted by Gasteiger charge is -2.44. The average Bonchev–Trinajstić information content (AvgIpc) is 2.87. The molecule has 28 heavy (non-hydrogen) atoms. The molecule has 5 heteroatoms. The second-order valence-electron chi connectivity index (χ2n) is 9.08. The van der Waals surface area contributed by atoms with Crippen LogP contribution < -0.4 is 0 Å². The van der Waals surface area contributed by atoms with E-state index in [1.807, 2.05) is 67.6 Å². The Morgan fingerprint density at radius 2 is 1.57 bits per heavy atom. The van der Waals surface area contributed by atoms with E-state index in [0.717, 1.165) is 11.1 Å². The minimum Gasteiger partial charge on any atom is -0.374 e. The first-order valence-electron chi connectivity index (χ1n) is 9.82. The van der Waals surface area contributed by atoms with Gasteiger partial charge in [0.2, 0.25) is 5.91 Å². The predicted octanol–water partition coefficient (Wildman–Crippen LogP) is 5.48. The molecule has 0 saturated carbocycles. The summed E-state index contributed by atoms with van der Waals surface area (Å²) in [7, 11) is -2.18. The second kappa shape index (κ2) is 7.47. The number of ether oxygens (including phenoxy) is 1. The van der Waals surface area contributed by atoms with Crippen LogP contribution in [0.1, 0.15) is 44.9 Å². The van der Waals surface area contributed by atoms with Gasteiger partial charge in [0, 0.05) is 6.92 Å². The highest BCUT2D eigenvalue weighted by molar-refractivity contribution is 6.74. The summed E-state index contributed by atoms with van der Waals surface area (Å²) in [6, 6.07) is 19.7. The van der Waals surface area contributed by atoms with Gasteiger partial charge in [-0.25, -0.2) is 0 Å². The Balaban J connectivity index is 1.97. The summed E-state index contributed by atoms with van der Waals surface area (Å²) >= 11 is 0. The van der Waals surface area contributed by atoms with Crippen LogP contribution in [0.5, 0.6) is 0 Å². The van der Waals surface area contributed by atoms with Gasteiger partial charge in [0.15, 0.2) is 14.4 Å². The summed E-state index contributed by atoms with van der Waals surface area (Å²) < 4.78 is 13.0. The van der Waals surface area contributed by atoms with Crippen molar-refractivity contribution in [2.45, 2.75) is 64.4 Å². The number of hydrogen-bond acceptors (Lipinski definition) is 3. The van der Waals surface area contributed by atoms with Gasteiger partial charge in [-0.05, 0) is 29.3 Å². The molecule has 1 fully saturated rings. The van der Waals surface area contributed by atoms with Crippen molar-refractivity contribution in [3.8, 4) is 0 Å². The predicted molar refractivity (Wildman–Crippen MR) is 114 cm³/mol. The summed E-state index contributed by atoms with van der Waals surface area (Å²) in [5, 5.41) is 0.00562. The van der Waals surface area contributed by atoms with Gasteiger partial charge in [0.05, 0.1) is 6.54 Å². The zero-order valence-corrected chi connectivity index (χ0v) is 18.7. The monoisotopic (exact) mass is 397 g/mol. The molecule has 1 amide bonds. The van der Waals surface area contributed by atoms with E-state index in [9.17, 15) is 4.79 Å². The maximum absolute atomic E-state index is 13.4. The SMILES string of the molecule is CC(C)(C)[Si](C)(C)O[C@]1(C)O[C@@H](c2ccccc2)C(=O)N1Cc1ccccc1. The van der Waals surface area contributed by atoms with Crippen LogP contribution in [0.25, 0.3) is 0 Å². The summed E-state index contributed by atoms with van der Waals surface area (Å²) in [6.07, 6.45) is -0.653. The van der Waals surface area contributed by atoms with Crippen molar-refractivity contribution in [3.63, 3.8) is 0 Å². The largest absolute Gasteiger partial charge is 0.374 e. The topological polar surface area (TPSA) is 38.8 Å². The van der Waals surface area contributed by atoms with Crippen molar-refractivity contribution in [1.29, 1.82) is 0 Å². The van der Waals surface area contributed by atoms with Gasteiger partial charge < -0.3 is 9.16 Å². The third-order valence-electron chi connectivity index (χ3n) is 5.85. The molecule has 2 atom stereocenters. The molecular formula is C23H31NO3Si. The van der Waals surface area contributed by atoms with E-state index >= 15 is 0 Å². The third kappa shape index (κ3) is 4.07. The molecular weight excluding hydrogens is 366 g/mol. The van der Waals surface area contributed by atoms with Crippen LogP contribution >= 0.6 is 0 Å². The standard InChI is InChI=1S/C23H31NO3Si/c1-22(2,3)28(5,6)27-23(4)24(17-18-13-9-7-10-14-18)21(25)20(26-23)19-15-11-8-12-16-19/h7-16,20H,17H2,1-6H3/t20-,23-/m0/s1. The van der Waals surface area contributed by atoms with Crippen LogP contribution in [-0.2, 0) is 20.5 Å². The van der Waals surface area contributed by atoms with E-state index < -0.39 is 20.3 Å². The van der Waals surface area contributed by atoms with Gasteiger partial charge in [-0.3, -0.25) is 9.69 Å². The number of amides is 1. The number of carbonyl (C=O) groups excluding carboxylic acids is 1. The molecule has 0 spiro atoms. The molecule has 3 rings (SSSR count). The second-order valence-corrected chi connectivity index (χ2v) is 13.8. The van der Waals surface area contributed by atoms with Crippen molar-refractivity contribution >= 4 is 14.2 Å². The zero-order valence-electron chi connectivity index (χ0n) is 17.7. The van der Waals surface area contributed by atoms with Crippen molar-refractivity contribution in [1.82, 2.24) is 4.90 Å². The zero-order chi connectivity index (χ0) is 20.6. The fraction of sp³-hybridized carbons (Fsp3) is 0.435. The fourth-order valence-corrected chi connectivity index (χ4v) is 4.62. The molecule has 0 N–H and O–H groups in total. The smallest absolute Gasteiger partial charge is 0.260 e. The fourth-order valence-electron chi connectivity index (χ4n) is 3.21. The number of nitrogens with zero attached hydrogens (tertiary/aromatic N) is 1. The first-order valence-corrected chi connectivity index (χ1v) is 12.7. The van der Waals surface area contributed by atoms with Crippen LogP contribution in [0, 0.1) is 0 Å². The van der Waals surface area contributed by atoms with E-state index in [4.69, 9.17) is 9.16 Å². The molecule has 1 aliphatic rings. The summed E-state index contributed by atoms with van der Waals surface area (Å²) in [4.78, 5) is 15.1. The highest BCUT2D eigenvalue weighted by Gasteiger charge is 2.55. The van der Waals surface area contributed by atoms with Crippen molar-refractivity contribution in [2.24, 2.45) is 0 Å². The number of benzene rings is 2. The van der Waals surface area contributed by atoms with Gasteiger partial charge in [-0.2, -0.15) is 0 Å². The Morgan fingerprint density at radius 1 is 1.04 bits per heavy atom. The minimum absolute atomic E-state index is 0.00562. The Bertz CT molecular complexity index is 817. The van der Waals surface area contributed by atoms with Gasteiger partial charge in [-0.1, -0.05) is 81.4 Å². The number of rotatable bonds is 5.